The Morgan fingerprint density at radius 2 is 0.708 bits per heavy atom. The molecule has 0 saturated heterocycles. The molecule has 24 heavy (non-hydrogen) atoms. The molecular formula is C24H24. The van der Waals surface area contributed by atoms with Gasteiger partial charge >= 0.3 is 0 Å². The quantitative estimate of drug-likeness (QED) is 0.590. The van der Waals surface area contributed by atoms with E-state index in [4.69, 9.17) is 0 Å². The van der Waals surface area contributed by atoms with Crippen molar-refractivity contribution >= 4 is 0 Å². The lowest BCUT2D eigenvalue weighted by atomic mass is 9.16. The number of rotatable bonds is 0. The van der Waals surface area contributed by atoms with Gasteiger partial charge in [-0.3, -0.25) is 0 Å². The van der Waals surface area contributed by atoms with Crippen LogP contribution in [0, 0.1) is 92.7 Å². The molecule has 0 nitrogen and oxygen atoms in total. The van der Waals surface area contributed by atoms with Crippen LogP contribution in [0.5, 0.6) is 0 Å². The highest BCUT2D eigenvalue weighted by atomic mass is 15.2. The van der Waals surface area contributed by atoms with Crippen LogP contribution in [0.1, 0.15) is 25.7 Å². The lowest BCUT2D eigenvalue weighted by molar-refractivity contribution is -0.396. The number of fused-ring (bicyclic) bond motifs is 1. The number of hydrogen-bond donors (Lipinski definition) is 0. The molecule has 15 aliphatic carbocycles. The van der Waals surface area contributed by atoms with E-state index in [1.807, 2.05) is 0 Å². The Hall–Kier alpha value is -0.520. The first kappa shape index (κ1) is 10.6. The maximum atomic E-state index is 2.85. The van der Waals surface area contributed by atoms with Crippen LogP contribution in [0.2, 0.25) is 0 Å². The second kappa shape index (κ2) is 2.28. The van der Waals surface area contributed by atoms with Crippen molar-refractivity contribution in [3.05, 3.63) is 24.3 Å². The molecule has 8 unspecified atom stereocenters. The molecule has 0 N–H and O–H groups in total. The smallest absolute Gasteiger partial charge is 0.00590 e. The molecule has 120 valence electrons. The van der Waals surface area contributed by atoms with Gasteiger partial charge in [-0.15, -0.1) is 0 Å². The third-order valence-corrected chi connectivity index (χ3v) is 14.2. The van der Waals surface area contributed by atoms with Gasteiger partial charge in [0.25, 0.3) is 0 Å². The predicted molar refractivity (Wildman–Crippen MR) is 88.4 cm³/mol. The van der Waals surface area contributed by atoms with Crippen LogP contribution in [0.4, 0.5) is 0 Å². The minimum atomic E-state index is 0.856. The van der Waals surface area contributed by atoms with Gasteiger partial charge in [0.05, 0.1) is 0 Å². The maximum absolute atomic E-state index is 2.85. The zero-order valence-electron chi connectivity index (χ0n) is 14.1. The van der Waals surface area contributed by atoms with Crippen LogP contribution < -0.4 is 0 Å². The molecule has 11 saturated carbocycles. The Morgan fingerprint density at radius 3 is 1.00 bits per heavy atom. The largest absolute Gasteiger partial charge is 0.0842 e. The van der Waals surface area contributed by atoms with E-state index in [1.165, 1.54) is 35.5 Å². The van der Waals surface area contributed by atoms with Crippen molar-refractivity contribution < 1.29 is 0 Å². The van der Waals surface area contributed by atoms with Gasteiger partial charge in [0, 0.05) is 0 Å². The molecule has 15 aliphatic rings. The summed E-state index contributed by atoms with van der Waals surface area (Å²) < 4.78 is 0. The van der Waals surface area contributed by atoms with Gasteiger partial charge < -0.3 is 0 Å². The Balaban J connectivity index is 1.51. The predicted octanol–water partition coefficient (Wildman–Crippen LogP) is 4.15. The minimum absolute atomic E-state index is 0.856. The molecule has 0 aliphatic heterocycles. The van der Waals surface area contributed by atoms with E-state index in [9.17, 15) is 0 Å². The zero-order valence-corrected chi connectivity index (χ0v) is 14.1. The van der Waals surface area contributed by atoms with Crippen molar-refractivity contribution in [3.63, 3.8) is 0 Å². The fraction of sp³-hybridized carbons (Fsp3) is 0.833. The first-order chi connectivity index (χ1) is 11.9. The molecule has 0 aromatic rings. The van der Waals surface area contributed by atoms with Gasteiger partial charge in [-0.25, -0.2) is 0 Å². The summed E-state index contributed by atoms with van der Waals surface area (Å²) in [6, 6.07) is 0. The molecule has 0 amide bonds. The van der Waals surface area contributed by atoms with E-state index < -0.39 is 0 Å². The fourth-order valence-electron chi connectivity index (χ4n) is 16.4. The fourth-order valence-corrected chi connectivity index (χ4v) is 16.4. The molecule has 0 radical (unpaired) electrons. The van der Waals surface area contributed by atoms with Crippen molar-refractivity contribution in [1.82, 2.24) is 0 Å². The SMILES string of the molecule is C1=C[C@H]2C3C4[C@@H]1C15[C@@H]6CC[C@@H]7C8C6[C@H]6CC[C@@H]8C8([C@@H]3C=C[C@@H]4C618)C725. The van der Waals surface area contributed by atoms with Crippen LogP contribution in [-0.2, 0) is 0 Å². The van der Waals surface area contributed by atoms with Crippen LogP contribution >= 0.6 is 0 Å². The minimum Gasteiger partial charge on any atom is -0.0842 e. The normalized spacial score (nSPS) is 92.7. The van der Waals surface area contributed by atoms with E-state index in [1.54, 1.807) is 25.7 Å². The maximum Gasteiger partial charge on any atom is -0.00590 e. The van der Waals surface area contributed by atoms with Crippen molar-refractivity contribution in [1.29, 1.82) is 0 Å². The standard InChI is InChI=1S/C24H24/c1-2-10-18-13-5-3-11-17(18)9(1)21-12-4-6-14-20-16-8-7-15(19(12)20)23(11,21)24(13,16)22(10,14)21/h1-3,5,9-20H,4,6-8H2/t9-,10+,11+,12-,13-,14-,15-,16+,17?,18?,19?,20?,21?,22?,23?,24?/m1/s1. The van der Waals surface area contributed by atoms with E-state index in [-0.39, 0.29) is 0 Å². The lowest BCUT2D eigenvalue weighted by Crippen LogP contribution is -2.84. The van der Waals surface area contributed by atoms with Crippen LogP contribution in [0.15, 0.2) is 24.3 Å². The van der Waals surface area contributed by atoms with Gasteiger partial charge in [-0.05, 0) is 118 Å². The molecule has 15 rings (SSSR count). The summed E-state index contributed by atoms with van der Waals surface area (Å²) in [5.74, 6) is 13.6. The third kappa shape index (κ3) is 0.438. The van der Waals surface area contributed by atoms with Gasteiger partial charge in [-0.1, -0.05) is 24.3 Å². The van der Waals surface area contributed by atoms with Crippen LogP contribution in [-0.4, -0.2) is 0 Å². The van der Waals surface area contributed by atoms with Crippen molar-refractivity contribution in [2.45, 2.75) is 25.7 Å². The van der Waals surface area contributed by atoms with Crippen LogP contribution in [0.25, 0.3) is 0 Å². The highest BCUT2D eigenvalue weighted by Crippen LogP contribution is 3.16. The third-order valence-electron chi connectivity index (χ3n) is 14.2. The van der Waals surface area contributed by atoms with E-state index in [0.717, 1.165) is 57.2 Å². The summed E-state index contributed by atoms with van der Waals surface area (Å²) >= 11 is 0. The summed E-state index contributed by atoms with van der Waals surface area (Å²) in [5.41, 5.74) is 3.42. The lowest BCUT2D eigenvalue weighted by Gasteiger charge is -2.86. The van der Waals surface area contributed by atoms with E-state index >= 15 is 0 Å². The number of allylic oxidation sites excluding steroid dienone is 4. The zero-order chi connectivity index (χ0) is 14.6. The monoisotopic (exact) mass is 312 g/mol. The van der Waals surface area contributed by atoms with E-state index in [2.05, 4.69) is 24.3 Å². The Bertz CT molecular complexity index is 753. The van der Waals surface area contributed by atoms with Crippen molar-refractivity contribution in [2.24, 2.45) is 92.7 Å². The Morgan fingerprint density at radius 1 is 0.417 bits per heavy atom. The summed E-state index contributed by atoms with van der Waals surface area (Å²) in [5, 5.41) is 0. The average molecular weight is 312 g/mol. The molecule has 0 aromatic carbocycles. The second-order valence-corrected chi connectivity index (χ2v) is 12.2. The Kier molecular flexibility index (Phi) is 1.00. The van der Waals surface area contributed by atoms with E-state index in [0.29, 0.717) is 0 Å². The average Bonchev–Trinajstić information content (AvgIpc) is 3.09. The highest BCUT2D eigenvalue weighted by Gasteiger charge is 3.13. The molecule has 4 spiro atoms. The second-order valence-electron chi connectivity index (χ2n) is 12.2. The molecule has 11 fully saturated rings. The molecule has 14 bridgehead atoms. The first-order valence-electron chi connectivity index (χ1n) is 11.3. The van der Waals surface area contributed by atoms with Gasteiger partial charge in [0.15, 0.2) is 0 Å². The summed E-state index contributed by atoms with van der Waals surface area (Å²) in [6.07, 6.45) is 18.0. The van der Waals surface area contributed by atoms with Crippen molar-refractivity contribution in [3.8, 4) is 0 Å². The van der Waals surface area contributed by atoms with Gasteiger partial charge in [-0.2, -0.15) is 0 Å². The summed E-state index contributed by atoms with van der Waals surface area (Å²) in [6.45, 7) is 0. The van der Waals surface area contributed by atoms with Gasteiger partial charge in [0.1, 0.15) is 0 Å². The summed E-state index contributed by atoms with van der Waals surface area (Å²) in [4.78, 5) is 0. The molecule has 16 atom stereocenters. The first-order valence-corrected chi connectivity index (χ1v) is 11.3. The Labute approximate surface area is 143 Å². The molecule has 0 heterocycles. The van der Waals surface area contributed by atoms with Gasteiger partial charge in [0.2, 0.25) is 0 Å². The molecule has 0 heteroatoms. The highest BCUT2D eigenvalue weighted by molar-refractivity contribution is 5.64. The van der Waals surface area contributed by atoms with Crippen LogP contribution in [0.3, 0.4) is 0 Å². The molecule has 0 aromatic heterocycles. The summed E-state index contributed by atoms with van der Waals surface area (Å²) in [7, 11) is 0. The topological polar surface area (TPSA) is 0 Å². The number of hydrogen-bond acceptors (Lipinski definition) is 0. The van der Waals surface area contributed by atoms with Crippen molar-refractivity contribution in [2.75, 3.05) is 0 Å². The molecular weight excluding hydrogens is 288 g/mol.